The molecule has 4 rings (SSSR count). The van der Waals surface area contributed by atoms with Crippen LogP contribution in [0.15, 0.2) is 30.3 Å². The van der Waals surface area contributed by atoms with Crippen molar-refractivity contribution in [1.29, 1.82) is 0 Å². The van der Waals surface area contributed by atoms with Crippen LogP contribution in [0.4, 0.5) is 5.13 Å². The molecule has 0 unspecified atom stereocenters. The van der Waals surface area contributed by atoms with Crippen LogP contribution in [0.25, 0.3) is 10.3 Å². The molecule has 24 heavy (non-hydrogen) atoms. The lowest BCUT2D eigenvalue weighted by molar-refractivity contribution is 0.115. The molecule has 0 bridgehead atoms. The molecule has 3 aromatic rings. The molecular weight excluding hydrogens is 320 g/mol. The van der Waals surface area contributed by atoms with Gasteiger partial charge in [-0.05, 0) is 25.3 Å². The highest BCUT2D eigenvalue weighted by atomic mass is 32.1. The fraction of sp³-hybridized carbons (Fsp3) is 0.444. The molecule has 3 heterocycles. The van der Waals surface area contributed by atoms with E-state index in [0.29, 0.717) is 6.10 Å². The fourth-order valence-corrected chi connectivity index (χ4v) is 4.30. The van der Waals surface area contributed by atoms with Crippen molar-refractivity contribution in [3.63, 3.8) is 0 Å². The minimum Gasteiger partial charge on any atom is -0.376 e. The van der Waals surface area contributed by atoms with Crippen LogP contribution in [0.5, 0.6) is 0 Å². The second kappa shape index (κ2) is 6.53. The standard InChI is InChI=1S/C18H22N4OS/c1-13-16-17(21(2)20-13)19-18(24-16)22(12-15-9-6-10-23-15)11-14-7-4-3-5-8-14/h3-5,7-8,15H,6,9-12H2,1-2H3/t15-/m0/s1. The summed E-state index contributed by atoms with van der Waals surface area (Å²) in [5.74, 6) is 0. The fourth-order valence-electron chi connectivity index (χ4n) is 3.26. The summed E-state index contributed by atoms with van der Waals surface area (Å²) in [5, 5.41) is 5.52. The van der Waals surface area contributed by atoms with Gasteiger partial charge >= 0.3 is 0 Å². The molecule has 1 aliphatic rings. The molecule has 5 nitrogen and oxygen atoms in total. The number of benzene rings is 1. The molecule has 6 heteroatoms. The summed E-state index contributed by atoms with van der Waals surface area (Å²) < 4.78 is 8.91. The summed E-state index contributed by atoms with van der Waals surface area (Å²) >= 11 is 1.73. The van der Waals surface area contributed by atoms with Gasteiger partial charge in [0.15, 0.2) is 10.8 Å². The number of hydrogen-bond donors (Lipinski definition) is 0. The summed E-state index contributed by atoms with van der Waals surface area (Å²) in [6.45, 7) is 4.67. The number of aryl methyl sites for hydroxylation is 2. The molecule has 1 fully saturated rings. The molecule has 0 aliphatic carbocycles. The molecule has 2 aromatic heterocycles. The van der Waals surface area contributed by atoms with Crippen LogP contribution in [-0.2, 0) is 18.3 Å². The first-order chi connectivity index (χ1) is 11.7. The third-order valence-electron chi connectivity index (χ3n) is 4.47. The molecule has 0 spiro atoms. The number of fused-ring (bicyclic) bond motifs is 1. The van der Waals surface area contributed by atoms with E-state index in [0.717, 1.165) is 49.0 Å². The van der Waals surface area contributed by atoms with Gasteiger partial charge in [0.25, 0.3) is 0 Å². The first-order valence-electron chi connectivity index (χ1n) is 8.41. The van der Waals surface area contributed by atoms with Crippen molar-refractivity contribution in [3.8, 4) is 0 Å². The van der Waals surface area contributed by atoms with Gasteiger partial charge in [0, 0.05) is 26.7 Å². The Hall–Kier alpha value is -1.92. The Balaban J connectivity index is 1.65. The van der Waals surface area contributed by atoms with E-state index in [9.17, 15) is 0 Å². The van der Waals surface area contributed by atoms with E-state index in [1.165, 1.54) is 10.3 Å². The predicted molar refractivity (Wildman–Crippen MR) is 97.6 cm³/mol. The number of anilines is 1. The molecule has 126 valence electrons. The normalized spacial score (nSPS) is 17.7. The van der Waals surface area contributed by atoms with Crippen LogP contribution in [-0.4, -0.2) is 34.0 Å². The summed E-state index contributed by atoms with van der Waals surface area (Å²) in [6.07, 6.45) is 2.60. The van der Waals surface area contributed by atoms with Gasteiger partial charge in [-0.1, -0.05) is 41.7 Å². The van der Waals surface area contributed by atoms with Crippen molar-refractivity contribution in [2.75, 3.05) is 18.1 Å². The maximum absolute atomic E-state index is 5.86. The number of aromatic nitrogens is 3. The smallest absolute Gasteiger partial charge is 0.188 e. The summed E-state index contributed by atoms with van der Waals surface area (Å²) in [5.41, 5.74) is 3.32. The van der Waals surface area contributed by atoms with Gasteiger partial charge in [0.05, 0.1) is 16.5 Å². The molecule has 1 atom stereocenters. The van der Waals surface area contributed by atoms with E-state index < -0.39 is 0 Å². The second-order valence-corrected chi connectivity index (χ2v) is 7.34. The molecule has 1 aromatic carbocycles. The Kier molecular flexibility index (Phi) is 4.24. The molecule has 0 amide bonds. The first-order valence-corrected chi connectivity index (χ1v) is 9.23. The zero-order valence-electron chi connectivity index (χ0n) is 14.1. The Bertz CT molecular complexity index is 786. The van der Waals surface area contributed by atoms with Crippen LogP contribution in [0.3, 0.4) is 0 Å². The lowest BCUT2D eigenvalue weighted by Crippen LogP contribution is -2.31. The maximum atomic E-state index is 5.86. The topological polar surface area (TPSA) is 43.2 Å². The minimum absolute atomic E-state index is 0.306. The maximum Gasteiger partial charge on any atom is 0.188 e. The number of thiazole rings is 1. The van der Waals surface area contributed by atoms with Crippen LogP contribution >= 0.6 is 11.3 Å². The third-order valence-corrected chi connectivity index (χ3v) is 5.68. The number of nitrogens with zero attached hydrogens (tertiary/aromatic N) is 4. The highest BCUT2D eigenvalue weighted by molar-refractivity contribution is 7.22. The Morgan fingerprint density at radius 1 is 1.33 bits per heavy atom. The van der Waals surface area contributed by atoms with Gasteiger partial charge in [-0.15, -0.1) is 0 Å². The Morgan fingerprint density at radius 3 is 2.88 bits per heavy atom. The van der Waals surface area contributed by atoms with Gasteiger partial charge in [0.2, 0.25) is 0 Å². The molecule has 0 N–H and O–H groups in total. The zero-order chi connectivity index (χ0) is 16.5. The van der Waals surface area contributed by atoms with E-state index in [1.807, 2.05) is 18.7 Å². The lowest BCUT2D eigenvalue weighted by atomic mass is 10.2. The first kappa shape index (κ1) is 15.6. The number of hydrogen-bond acceptors (Lipinski definition) is 5. The summed E-state index contributed by atoms with van der Waals surface area (Å²) in [7, 11) is 1.96. The number of rotatable bonds is 5. The van der Waals surface area contributed by atoms with E-state index in [4.69, 9.17) is 9.72 Å². The quantitative estimate of drug-likeness (QED) is 0.711. The van der Waals surface area contributed by atoms with Gasteiger partial charge in [-0.2, -0.15) is 5.10 Å². The van der Waals surface area contributed by atoms with Crippen LogP contribution in [0, 0.1) is 6.92 Å². The van der Waals surface area contributed by atoms with Crippen LogP contribution < -0.4 is 4.90 Å². The van der Waals surface area contributed by atoms with E-state index in [-0.39, 0.29) is 0 Å². The molecule has 1 saturated heterocycles. The molecule has 1 aliphatic heterocycles. The van der Waals surface area contributed by atoms with Crippen molar-refractivity contribution < 1.29 is 4.74 Å². The van der Waals surface area contributed by atoms with Crippen LogP contribution in [0.1, 0.15) is 24.1 Å². The van der Waals surface area contributed by atoms with Crippen molar-refractivity contribution in [1.82, 2.24) is 14.8 Å². The Morgan fingerprint density at radius 2 is 2.17 bits per heavy atom. The SMILES string of the molecule is Cc1nn(C)c2nc(N(Cc3ccccc3)C[C@@H]3CCCO3)sc12. The monoisotopic (exact) mass is 342 g/mol. The zero-order valence-corrected chi connectivity index (χ0v) is 14.9. The molecular formula is C18H22N4OS. The minimum atomic E-state index is 0.306. The summed E-state index contributed by atoms with van der Waals surface area (Å²) in [6, 6.07) is 10.6. The van der Waals surface area contributed by atoms with E-state index in [1.54, 1.807) is 11.3 Å². The third kappa shape index (κ3) is 3.03. The highest BCUT2D eigenvalue weighted by Gasteiger charge is 2.23. The average Bonchev–Trinajstić information content (AvgIpc) is 3.28. The van der Waals surface area contributed by atoms with Crippen LogP contribution in [0.2, 0.25) is 0 Å². The second-order valence-electron chi connectivity index (χ2n) is 6.36. The number of ether oxygens (including phenoxy) is 1. The van der Waals surface area contributed by atoms with Gasteiger partial charge in [0.1, 0.15) is 0 Å². The predicted octanol–water partition coefficient (Wildman–Crippen LogP) is 3.52. The van der Waals surface area contributed by atoms with Gasteiger partial charge < -0.3 is 9.64 Å². The van der Waals surface area contributed by atoms with E-state index in [2.05, 4.69) is 40.3 Å². The van der Waals surface area contributed by atoms with Gasteiger partial charge in [-0.25, -0.2) is 9.67 Å². The summed E-state index contributed by atoms with van der Waals surface area (Å²) in [4.78, 5) is 7.22. The van der Waals surface area contributed by atoms with Crippen molar-refractivity contribution in [2.24, 2.45) is 7.05 Å². The van der Waals surface area contributed by atoms with Crippen molar-refractivity contribution in [2.45, 2.75) is 32.4 Å². The van der Waals surface area contributed by atoms with Crippen molar-refractivity contribution in [3.05, 3.63) is 41.6 Å². The molecule has 0 saturated carbocycles. The van der Waals surface area contributed by atoms with Gasteiger partial charge in [-0.3, -0.25) is 0 Å². The van der Waals surface area contributed by atoms with Crippen molar-refractivity contribution >= 4 is 26.8 Å². The van der Waals surface area contributed by atoms with E-state index >= 15 is 0 Å². The highest BCUT2D eigenvalue weighted by Crippen LogP contribution is 2.32. The Labute approximate surface area is 145 Å². The average molecular weight is 342 g/mol. The lowest BCUT2D eigenvalue weighted by Gasteiger charge is -2.25. The molecule has 0 radical (unpaired) electrons. The largest absolute Gasteiger partial charge is 0.376 e.